The van der Waals surface area contributed by atoms with Crippen LogP contribution in [0.5, 0.6) is 0 Å². The van der Waals surface area contributed by atoms with Gasteiger partial charge in [0, 0.05) is 25.3 Å². The van der Waals surface area contributed by atoms with Crippen LogP contribution in [0.3, 0.4) is 0 Å². The van der Waals surface area contributed by atoms with Crippen molar-refractivity contribution in [1.82, 2.24) is 10.3 Å². The highest BCUT2D eigenvalue weighted by Crippen LogP contribution is 2.16. The highest BCUT2D eigenvalue weighted by atomic mass is 32.1. The van der Waals surface area contributed by atoms with Gasteiger partial charge < -0.3 is 15.7 Å². The topological polar surface area (TPSA) is 108 Å². The van der Waals surface area contributed by atoms with E-state index in [9.17, 15) is 14.4 Å². The van der Waals surface area contributed by atoms with E-state index < -0.39 is 5.97 Å². The van der Waals surface area contributed by atoms with E-state index in [1.165, 1.54) is 18.3 Å². The minimum absolute atomic E-state index is 0.0475. The monoisotopic (exact) mass is 313 g/mol. The zero-order chi connectivity index (χ0) is 15.7. The van der Waals surface area contributed by atoms with Crippen molar-refractivity contribution >= 4 is 34.3 Å². The third-order valence-corrected chi connectivity index (χ3v) is 3.39. The molecule has 2 amide bonds. The molecule has 0 radical (unpaired) electrons. The number of carboxylic acids is 1. The third kappa shape index (κ3) is 8.03. The smallest absolute Gasteiger partial charge is 0.309 e. The average molecular weight is 313 g/mol. The zero-order valence-electron chi connectivity index (χ0n) is 11.8. The molecule has 7 nitrogen and oxygen atoms in total. The predicted molar refractivity (Wildman–Crippen MR) is 79.2 cm³/mol. The second-order valence-electron chi connectivity index (χ2n) is 4.56. The summed E-state index contributed by atoms with van der Waals surface area (Å²) in [6, 6.07) is 0. The molecular formula is C13H19N3O4S. The van der Waals surface area contributed by atoms with Crippen LogP contribution in [0.4, 0.5) is 5.13 Å². The fraction of sp³-hybridized carbons (Fsp3) is 0.538. The van der Waals surface area contributed by atoms with Crippen molar-refractivity contribution in [3.63, 3.8) is 0 Å². The first kappa shape index (κ1) is 17.1. The van der Waals surface area contributed by atoms with E-state index in [0.29, 0.717) is 23.8 Å². The number of hydrogen-bond acceptors (Lipinski definition) is 5. The van der Waals surface area contributed by atoms with Gasteiger partial charge in [0.15, 0.2) is 5.13 Å². The van der Waals surface area contributed by atoms with E-state index in [2.05, 4.69) is 15.6 Å². The molecule has 21 heavy (non-hydrogen) atoms. The van der Waals surface area contributed by atoms with Crippen molar-refractivity contribution in [2.45, 2.75) is 39.0 Å². The molecule has 0 aromatic carbocycles. The molecule has 0 saturated carbocycles. The Morgan fingerprint density at radius 3 is 2.71 bits per heavy atom. The number of unbranched alkanes of at least 4 members (excludes halogenated alkanes) is 2. The molecule has 1 heterocycles. The van der Waals surface area contributed by atoms with Crippen LogP contribution in [0.25, 0.3) is 0 Å². The van der Waals surface area contributed by atoms with Crippen molar-refractivity contribution in [2.75, 3.05) is 11.9 Å². The van der Waals surface area contributed by atoms with Gasteiger partial charge in [0.05, 0.1) is 12.1 Å². The second-order valence-corrected chi connectivity index (χ2v) is 5.41. The molecule has 0 spiro atoms. The fourth-order valence-electron chi connectivity index (χ4n) is 1.63. The lowest BCUT2D eigenvalue weighted by Crippen LogP contribution is -2.20. The number of carbonyl (C=O) groups is 3. The van der Waals surface area contributed by atoms with Crippen LogP contribution in [-0.4, -0.2) is 34.4 Å². The summed E-state index contributed by atoms with van der Waals surface area (Å²) >= 11 is 1.22. The maximum absolute atomic E-state index is 11.7. The number of nitrogens with zero attached hydrogens (tertiary/aromatic N) is 1. The summed E-state index contributed by atoms with van der Waals surface area (Å²) in [7, 11) is 0. The zero-order valence-corrected chi connectivity index (χ0v) is 12.7. The van der Waals surface area contributed by atoms with Crippen LogP contribution in [0.2, 0.25) is 0 Å². The van der Waals surface area contributed by atoms with Gasteiger partial charge in [-0.25, -0.2) is 4.98 Å². The van der Waals surface area contributed by atoms with Crippen LogP contribution in [0.15, 0.2) is 5.38 Å². The first-order valence-electron chi connectivity index (χ1n) is 6.68. The summed E-state index contributed by atoms with van der Waals surface area (Å²) < 4.78 is 0. The van der Waals surface area contributed by atoms with Gasteiger partial charge >= 0.3 is 5.97 Å². The molecule has 1 aromatic rings. The Hall–Kier alpha value is -1.96. The van der Waals surface area contributed by atoms with Gasteiger partial charge in [0.1, 0.15) is 0 Å². The number of nitrogens with one attached hydrogen (secondary N) is 2. The van der Waals surface area contributed by atoms with E-state index in [-0.39, 0.29) is 18.2 Å². The van der Waals surface area contributed by atoms with Crippen LogP contribution in [0.1, 0.15) is 38.3 Å². The maximum atomic E-state index is 11.7. The van der Waals surface area contributed by atoms with Crippen LogP contribution in [-0.2, 0) is 20.8 Å². The average Bonchev–Trinajstić information content (AvgIpc) is 2.79. The van der Waals surface area contributed by atoms with Crippen molar-refractivity contribution < 1.29 is 19.5 Å². The van der Waals surface area contributed by atoms with Crippen LogP contribution in [0, 0.1) is 0 Å². The van der Waals surface area contributed by atoms with E-state index >= 15 is 0 Å². The standard InChI is InChI=1S/C13H19N3O4S/c1-9(17)14-6-4-2-3-5-11(18)16-13-15-10(8-21-13)7-12(19)20/h8H,2-7H2,1H3,(H,14,17)(H,19,20)(H,15,16,18). The predicted octanol–water partition coefficient (Wildman–Crippen LogP) is 1.41. The summed E-state index contributed by atoms with van der Waals surface area (Å²) in [5.41, 5.74) is 0.443. The molecule has 0 atom stereocenters. The summed E-state index contributed by atoms with van der Waals surface area (Å²) in [5, 5.41) is 16.0. The molecule has 1 aromatic heterocycles. The molecule has 0 aliphatic heterocycles. The number of carboxylic acid groups (broad SMARTS) is 1. The number of rotatable bonds is 9. The lowest BCUT2D eigenvalue weighted by molar-refractivity contribution is -0.136. The van der Waals surface area contributed by atoms with Crippen molar-refractivity contribution in [1.29, 1.82) is 0 Å². The molecule has 0 unspecified atom stereocenters. The van der Waals surface area contributed by atoms with E-state index in [4.69, 9.17) is 5.11 Å². The Bertz CT molecular complexity index is 501. The normalized spacial score (nSPS) is 10.1. The SMILES string of the molecule is CC(=O)NCCCCCC(=O)Nc1nc(CC(=O)O)cs1. The Morgan fingerprint density at radius 2 is 2.05 bits per heavy atom. The highest BCUT2D eigenvalue weighted by molar-refractivity contribution is 7.13. The molecule has 0 saturated heterocycles. The number of aliphatic carboxylic acids is 1. The van der Waals surface area contributed by atoms with Crippen molar-refractivity contribution in [3.8, 4) is 0 Å². The number of hydrogen-bond donors (Lipinski definition) is 3. The quantitative estimate of drug-likeness (QED) is 0.597. The summed E-state index contributed by atoms with van der Waals surface area (Å²) in [6.07, 6.45) is 2.67. The summed E-state index contributed by atoms with van der Waals surface area (Å²) in [4.78, 5) is 36.8. The first-order chi connectivity index (χ1) is 9.97. The van der Waals surface area contributed by atoms with Gasteiger partial charge in [-0.15, -0.1) is 11.3 Å². The molecule has 1 rings (SSSR count). The van der Waals surface area contributed by atoms with Gasteiger partial charge in [-0.05, 0) is 12.8 Å². The maximum Gasteiger partial charge on any atom is 0.309 e. The van der Waals surface area contributed by atoms with Crippen LogP contribution < -0.4 is 10.6 Å². The largest absolute Gasteiger partial charge is 0.481 e. The summed E-state index contributed by atoms with van der Waals surface area (Å²) in [5.74, 6) is -1.13. The van der Waals surface area contributed by atoms with E-state index in [0.717, 1.165) is 19.3 Å². The molecule has 0 bridgehead atoms. The number of carbonyl (C=O) groups excluding carboxylic acids is 2. The van der Waals surface area contributed by atoms with Gasteiger partial charge in [-0.1, -0.05) is 6.42 Å². The van der Waals surface area contributed by atoms with Gasteiger partial charge in [0.2, 0.25) is 11.8 Å². The van der Waals surface area contributed by atoms with Crippen molar-refractivity contribution in [3.05, 3.63) is 11.1 Å². The fourth-order valence-corrected chi connectivity index (χ4v) is 2.36. The first-order valence-corrected chi connectivity index (χ1v) is 7.56. The number of amides is 2. The molecule has 0 fully saturated rings. The van der Waals surface area contributed by atoms with E-state index in [1.807, 2.05) is 0 Å². The van der Waals surface area contributed by atoms with Gasteiger partial charge in [0.25, 0.3) is 0 Å². The molecule has 0 aliphatic carbocycles. The minimum Gasteiger partial charge on any atom is -0.481 e. The molecule has 116 valence electrons. The van der Waals surface area contributed by atoms with Crippen LogP contribution >= 0.6 is 11.3 Å². The van der Waals surface area contributed by atoms with Crippen molar-refractivity contribution in [2.24, 2.45) is 0 Å². The lowest BCUT2D eigenvalue weighted by Gasteiger charge is -2.03. The Morgan fingerprint density at radius 1 is 1.29 bits per heavy atom. The summed E-state index contributed by atoms with van der Waals surface area (Å²) in [6.45, 7) is 2.10. The number of anilines is 1. The van der Waals surface area contributed by atoms with E-state index in [1.54, 1.807) is 5.38 Å². The number of aromatic nitrogens is 1. The molecule has 8 heteroatoms. The number of thiazole rings is 1. The lowest BCUT2D eigenvalue weighted by atomic mass is 10.2. The Labute approximate surface area is 126 Å². The third-order valence-electron chi connectivity index (χ3n) is 2.59. The Balaban J connectivity index is 2.17. The molecule has 3 N–H and O–H groups in total. The second kappa shape index (κ2) is 9.06. The van der Waals surface area contributed by atoms with Gasteiger partial charge in [-0.3, -0.25) is 14.4 Å². The highest BCUT2D eigenvalue weighted by Gasteiger charge is 2.08. The van der Waals surface area contributed by atoms with Gasteiger partial charge in [-0.2, -0.15) is 0 Å². The Kier molecular flexibility index (Phi) is 7.38. The molecular weight excluding hydrogens is 294 g/mol. The minimum atomic E-state index is -0.947. The molecule has 0 aliphatic rings.